The summed E-state index contributed by atoms with van der Waals surface area (Å²) in [6.45, 7) is 4.55. The summed E-state index contributed by atoms with van der Waals surface area (Å²) in [4.78, 5) is 19.1. The second-order valence-electron chi connectivity index (χ2n) is 7.18. The summed E-state index contributed by atoms with van der Waals surface area (Å²) in [7, 11) is 0. The van der Waals surface area contributed by atoms with E-state index in [2.05, 4.69) is 15.2 Å². The summed E-state index contributed by atoms with van der Waals surface area (Å²) < 4.78 is 11.5. The fourth-order valence-corrected chi connectivity index (χ4v) is 3.52. The van der Waals surface area contributed by atoms with Crippen LogP contribution in [0.5, 0.6) is 5.75 Å². The largest absolute Gasteiger partial charge is 0.492 e. The maximum Gasteiger partial charge on any atom is 0.298 e. The highest BCUT2D eigenvalue weighted by Gasteiger charge is 2.27. The first-order chi connectivity index (χ1) is 13.7. The molecule has 1 saturated heterocycles. The molecule has 2 aromatic carbocycles. The lowest BCUT2D eigenvalue weighted by Gasteiger charge is -2.30. The van der Waals surface area contributed by atoms with Crippen molar-refractivity contribution in [3.8, 4) is 5.75 Å². The Morgan fingerprint density at radius 3 is 2.82 bits per heavy atom. The molecule has 0 unspecified atom stereocenters. The Hall–Kier alpha value is -3.02. The number of rotatable bonds is 6. The minimum atomic E-state index is 0.0274. The number of para-hydroxylation sites is 2. The van der Waals surface area contributed by atoms with E-state index in [-0.39, 0.29) is 11.8 Å². The van der Waals surface area contributed by atoms with Gasteiger partial charge in [0.15, 0.2) is 5.58 Å². The predicted molar refractivity (Wildman–Crippen MR) is 109 cm³/mol. The summed E-state index contributed by atoms with van der Waals surface area (Å²) in [5.74, 6) is 0.963. The molecule has 0 bridgehead atoms. The van der Waals surface area contributed by atoms with Crippen LogP contribution in [0.3, 0.4) is 0 Å². The van der Waals surface area contributed by atoms with Gasteiger partial charge in [-0.25, -0.2) is 0 Å². The van der Waals surface area contributed by atoms with E-state index < -0.39 is 0 Å². The Labute approximate surface area is 164 Å². The molecule has 146 valence electrons. The van der Waals surface area contributed by atoms with E-state index in [9.17, 15) is 4.79 Å². The van der Waals surface area contributed by atoms with Crippen molar-refractivity contribution in [3.05, 3.63) is 54.1 Å². The third-order valence-electron chi connectivity index (χ3n) is 5.08. The molecule has 1 fully saturated rings. The number of amides is 1. The number of hydrogen-bond acceptors (Lipinski definition) is 5. The highest BCUT2D eigenvalue weighted by atomic mass is 16.5. The number of benzene rings is 2. The van der Waals surface area contributed by atoms with Gasteiger partial charge in [0.2, 0.25) is 5.91 Å². The Morgan fingerprint density at radius 1 is 1.21 bits per heavy atom. The smallest absolute Gasteiger partial charge is 0.298 e. The van der Waals surface area contributed by atoms with E-state index in [1.54, 1.807) is 0 Å². The maximum absolute atomic E-state index is 12.4. The minimum absolute atomic E-state index is 0.0274. The summed E-state index contributed by atoms with van der Waals surface area (Å²) in [5, 5.41) is 2.99. The molecule has 3 aromatic rings. The number of nitrogens with one attached hydrogen (secondary N) is 1. The molecule has 0 spiro atoms. The monoisotopic (exact) mass is 379 g/mol. The van der Waals surface area contributed by atoms with Crippen LogP contribution in [0.15, 0.2) is 52.9 Å². The molecule has 6 heteroatoms. The SMILES string of the molecule is Cc1cccc(OCCNC(=O)C2CCN(c3nc4ccccc4o3)CC2)c1. The molecule has 4 rings (SSSR count). The van der Waals surface area contributed by atoms with Gasteiger partial charge in [-0.3, -0.25) is 4.79 Å². The van der Waals surface area contributed by atoms with E-state index in [0.29, 0.717) is 19.2 Å². The molecule has 0 radical (unpaired) electrons. The number of carbonyl (C=O) groups is 1. The number of carbonyl (C=O) groups excluding carboxylic acids is 1. The van der Waals surface area contributed by atoms with Gasteiger partial charge in [0, 0.05) is 19.0 Å². The van der Waals surface area contributed by atoms with Crippen LogP contribution >= 0.6 is 0 Å². The number of hydrogen-bond donors (Lipinski definition) is 1. The van der Waals surface area contributed by atoms with Crippen LogP contribution in [0.25, 0.3) is 11.1 Å². The molecule has 0 aliphatic carbocycles. The van der Waals surface area contributed by atoms with Crippen molar-refractivity contribution >= 4 is 23.0 Å². The Balaban J connectivity index is 1.21. The lowest BCUT2D eigenvalue weighted by molar-refractivity contribution is -0.125. The van der Waals surface area contributed by atoms with Gasteiger partial charge in [-0.05, 0) is 49.6 Å². The number of aryl methyl sites for hydroxylation is 1. The lowest BCUT2D eigenvalue weighted by Crippen LogP contribution is -2.41. The number of anilines is 1. The Bertz CT molecular complexity index is 912. The zero-order valence-electron chi connectivity index (χ0n) is 16.1. The van der Waals surface area contributed by atoms with Crippen LogP contribution < -0.4 is 15.0 Å². The number of nitrogens with zero attached hydrogens (tertiary/aromatic N) is 2. The molecular weight excluding hydrogens is 354 g/mol. The van der Waals surface area contributed by atoms with Crippen molar-refractivity contribution in [3.63, 3.8) is 0 Å². The summed E-state index contributed by atoms with van der Waals surface area (Å²) in [6, 6.07) is 16.3. The van der Waals surface area contributed by atoms with Crippen molar-refractivity contribution in [1.82, 2.24) is 10.3 Å². The molecule has 1 aliphatic rings. The highest BCUT2D eigenvalue weighted by molar-refractivity contribution is 5.79. The molecule has 1 aromatic heterocycles. The molecule has 0 atom stereocenters. The molecule has 2 heterocycles. The topological polar surface area (TPSA) is 67.6 Å². The van der Waals surface area contributed by atoms with Gasteiger partial charge < -0.3 is 19.4 Å². The average molecular weight is 379 g/mol. The van der Waals surface area contributed by atoms with Gasteiger partial charge in [-0.2, -0.15) is 4.98 Å². The molecule has 1 aliphatic heterocycles. The van der Waals surface area contributed by atoms with Crippen LogP contribution in [0.1, 0.15) is 18.4 Å². The zero-order valence-corrected chi connectivity index (χ0v) is 16.1. The molecule has 6 nitrogen and oxygen atoms in total. The number of fused-ring (bicyclic) bond motifs is 1. The van der Waals surface area contributed by atoms with Gasteiger partial charge in [0.05, 0.1) is 6.54 Å². The van der Waals surface area contributed by atoms with Crippen molar-refractivity contribution in [2.24, 2.45) is 5.92 Å². The Morgan fingerprint density at radius 2 is 2.04 bits per heavy atom. The van der Waals surface area contributed by atoms with Crippen LogP contribution in [0, 0.1) is 12.8 Å². The molecule has 28 heavy (non-hydrogen) atoms. The van der Waals surface area contributed by atoms with Crippen LogP contribution in [0.4, 0.5) is 6.01 Å². The van der Waals surface area contributed by atoms with Crippen molar-refractivity contribution in [2.45, 2.75) is 19.8 Å². The van der Waals surface area contributed by atoms with E-state index in [1.165, 1.54) is 0 Å². The normalized spacial score (nSPS) is 15.0. The fourth-order valence-electron chi connectivity index (χ4n) is 3.52. The molecule has 1 amide bonds. The minimum Gasteiger partial charge on any atom is -0.492 e. The van der Waals surface area contributed by atoms with Gasteiger partial charge in [-0.15, -0.1) is 0 Å². The van der Waals surface area contributed by atoms with Crippen LogP contribution in [-0.4, -0.2) is 37.1 Å². The van der Waals surface area contributed by atoms with Gasteiger partial charge in [0.1, 0.15) is 17.9 Å². The number of ether oxygens (including phenoxy) is 1. The second-order valence-corrected chi connectivity index (χ2v) is 7.18. The first kappa shape index (κ1) is 18.3. The first-order valence-electron chi connectivity index (χ1n) is 9.77. The fraction of sp³-hybridized carbons (Fsp3) is 0.364. The van der Waals surface area contributed by atoms with Crippen molar-refractivity contribution in [2.75, 3.05) is 31.1 Å². The number of oxazole rings is 1. The first-order valence-corrected chi connectivity index (χ1v) is 9.77. The predicted octanol–water partition coefficient (Wildman–Crippen LogP) is 3.55. The highest BCUT2D eigenvalue weighted by Crippen LogP contribution is 2.26. The number of piperidine rings is 1. The van der Waals surface area contributed by atoms with Crippen LogP contribution in [-0.2, 0) is 4.79 Å². The average Bonchev–Trinajstić information content (AvgIpc) is 3.15. The van der Waals surface area contributed by atoms with Gasteiger partial charge in [0.25, 0.3) is 6.01 Å². The van der Waals surface area contributed by atoms with Crippen molar-refractivity contribution < 1.29 is 13.9 Å². The third kappa shape index (κ3) is 4.27. The maximum atomic E-state index is 12.4. The van der Waals surface area contributed by atoms with E-state index in [4.69, 9.17) is 9.15 Å². The van der Waals surface area contributed by atoms with E-state index in [1.807, 2.05) is 55.5 Å². The number of aromatic nitrogens is 1. The standard InChI is InChI=1S/C22H25N3O3/c1-16-5-4-6-18(15-16)27-14-11-23-21(26)17-9-12-25(13-10-17)22-24-19-7-2-3-8-20(19)28-22/h2-8,15,17H,9-14H2,1H3,(H,23,26). The second kappa shape index (κ2) is 8.33. The van der Waals surface area contributed by atoms with Gasteiger partial charge >= 0.3 is 0 Å². The van der Waals surface area contributed by atoms with Gasteiger partial charge in [-0.1, -0.05) is 24.3 Å². The lowest BCUT2D eigenvalue weighted by atomic mass is 9.96. The molecule has 1 N–H and O–H groups in total. The summed E-state index contributed by atoms with van der Waals surface area (Å²) in [5.41, 5.74) is 2.82. The quantitative estimate of drug-likeness (QED) is 0.664. The van der Waals surface area contributed by atoms with Crippen molar-refractivity contribution in [1.29, 1.82) is 0 Å². The molecular formula is C22H25N3O3. The molecule has 0 saturated carbocycles. The van der Waals surface area contributed by atoms with E-state index in [0.717, 1.165) is 48.3 Å². The summed E-state index contributed by atoms with van der Waals surface area (Å²) in [6.07, 6.45) is 1.59. The Kier molecular flexibility index (Phi) is 5.46. The van der Waals surface area contributed by atoms with Crippen LogP contribution in [0.2, 0.25) is 0 Å². The van der Waals surface area contributed by atoms with E-state index >= 15 is 0 Å². The third-order valence-corrected chi connectivity index (χ3v) is 5.08. The summed E-state index contributed by atoms with van der Waals surface area (Å²) >= 11 is 0. The zero-order chi connectivity index (χ0) is 19.3.